The van der Waals surface area contributed by atoms with E-state index in [4.69, 9.17) is 4.74 Å². The van der Waals surface area contributed by atoms with Crippen LogP contribution in [0.15, 0.2) is 0 Å². The summed E-state index contributed by atoms with van der Waals surface area (Å²) < 4.78 is 5.36. The summed E-state index contributed by atoms with van der Waals surface area (Å²) in [7, 11) is 3.43. The van der Waals surface area contributed by atoms with Gasteiger partial charge in [0, 0.05) is 33.1 Å². The summed E-state index contributed by atoms with van der Waals surface area (Å²) in [4.78, 5) is 26.5. The Labute approximate surface area is 124 Å². The predicted molar refractivity (Wildman–Crippen MR) is 79.5 cm³/mol. The summed E-state index contributed by atoms with van der Waals surface area (Å²) in [6.45, 7) is 3.89. The lowest BCUT2D eigenvalue weighted by molar-refractivity contribution is -0.125. The van der Waals surface area contributed by atoms with Crippen LogP contribution in [-0.4, -0.2) is 54.7 Å². The van der Waals surface area contributed by atoms with Gasteiger partial charge in [-0.1, -0.05) is 0 Å². The number of anilines is 2. The number of carbonyl (C=O) groups excluding carboxylic acids is 1. The van der Waals surface area contributed by atoms with Crippen molar-refractivity contribution in [3.63, 3.8) is 0 Å². The van der Waals surface area contributed by atoms with Gasteiger partial charge in [0.1, 0.15) is 0 Å². The maximum Gasteiger partial charge on any atom is 0.323 e. The maximum atomic E-state index is 11.6. The number of ether oxygens (including phenoxy) is 1. The van der Waals surface area contributed by atoms with E-state index in [-0.39, 0.29) is 11.8 Å². The molecule has 0 unspecified atom stereocenters. The number of rotatable bonds is 5. The molecule has 0 spiro atoms. The van der Waals surface area contributed by atoms with E-state index in [1.165, 1.54) is 0 Å². The predicted octanol–water partition coefficient (Wildman–Crippen LogP) is 0.274. The molecule has 1 fully saturated rings. The van der Waals surface area contributed by atoms with Gasteiger partial charge in [-0.25, -0.2) is 0 Å². The van der Waals surface area contributed by atoms with Gasteiger partial charge in [0.25, 0.3) is 0 Å². The van der Waals surface area contributed by atoms with Crippen LogP contribution in [0.2, 0.25) is 0 Å². The molecule has 8 nitrogen and oxygen atoms in total. The van der Waals surface area contributed by atoms with E-state index >= 15 is 0 Å². The lowest BCUT2D eigenvalue weighted by Crippen LogP contribution is -2.40. The Morgan fingerprint density at radius 3 is 2.57 bits per heavy atom. The molecule has 1 aliphatic rings. The van der Waals surface area contributed by atoms with Gasteiger partial charge < -0.3 is 20.3 Å². The molecule has 2 heterocycles. The first-order chi connectivity index (χ1) is 10.2. The van der Waals surface area contributed by atoms with Gasteiger partial charge in [-0.3, -0.25) is 4.79 Å². The van der Waals surface area contributed by atoms with E-state index in [1.54, 1.807) is 14.1 Å². The number of carbonyl (C=O) groups is 1. The highest BCUT2D eigenvalue weighted by molar-refractivity contribution is 5.78. The molecule has 1 aromatic rings. The fraction of sp³-hybridized carbons (Fsp3) is 0.692. The number of amides is 1. The van der Waals surface area contributed by atoms with Crippen LogP contribution in [0.4, 0.5) is 11.9 Å². The molecule has 0 atom stereocenters. The Kier molecular flexibility index (Phi) is 5.13. The van der Waals surface area contributed by atoms with Crippen LogP contribution in [0, 0.1) is 5.92 Å². The molecule has 116 valence electrons. The standard InChI is InChI=1S/C13H22N6O2/c1-4-21-13-17-11(15-3)16-12(18-13)19-7-5-9(6-8-19)10(20)14-2/h9H,4-8H2,1-3H3,(H,14,20)(H,15,16,17,18). The second-order valence-electron chi connectivity index (χ2n) is 4.80. The van der Waals surface area contributed by atoms with Gasteiger partial charge in [0.05, 0.1) is 6.61 Å². The van der Waals surface area contributed by atoms with E-state index in [0.29, 0.717) is 24.5 Å². The number of hydrogen-bond acceptors (Lipinski definition) is 7. The van der Waals surface area contributed by atoms with Crippen molar-refractivity contribution in [1.29, 1.82) is 0 Å². The van der Waals surface area contributed by atoms with E-state index in [9.17, 15) is 4.79 Å². The highest BCUT2D eigenvalue weighted by Crippen LogP contribution is 2.22. The molecule has 1 aromatic heterocycles. The molecule has 2 rings (SSSR count). The van der Waals surface area contributed by atoms with Crippen LogP contribution in [0.1, 0.15) is 19.8 Å². The lowest BCUT2D eigenvalue weighted by Gasteiger charge is -2.31. The molecule has 2 N–H and O–H groups in total. The van der Waals surface area contributed by atoms with Crippen molar-refractivity contribution in [3.05, 3.63) is 0 Å². The smallest absolute Gasteiger partial charge is 0.323 e. The third-order valence-electron chi connectivity index (χ3n) is 3.50. The lowest BCUT2D eigenvalue weighted by atomic mass is 9.96. The average molecular weight is 294 g/mol. The van der Waals surface area contributed by atoms with Crippen LogP contribution >= 0.6 is 0 Å². The normalized spacial score (nSPS) is 15.7. The molecule has 0 aliphatic carbocycles. The minimum atomic E-state index is 0.0724. The monoisotopic (exact) mass is 294 g/mol. The molecule has 0 radical (unpaired) electrons. The zero-order valence-electron chi connectivity index (χ0n) is 12.7. The van der Waals surface area contributed by atoms with Crippen LogP contribution in [0.5, 0.6) is 6.01 Å². The Morgan fingerprint density at radius 1 is 1.29 bits per heavy atom. The highest BCUT2D eigenvalue weighted by atomic mass is 16.5. The van der Waals surface area contributed by atoms with Crippen molar-refractivity contribution in [2.45, 2.75) is 19.8 Å². The Hall–Kier alpha value is -2.12. The summed E-state index contributed by atoms with van der Waals surface area (Å²) in [6.07, 6.45) is 1.59. The number of nitrogens with one attached hydrogen (secondary N) is 2. The van der Waals surface area contributed by atoms with Crippen molar-refractivity contribution < 1.29 is 9.53 Å². The van der Waals surface area contributed by atoms with Crippen LogP contribution in [0.25, 0.3) is 0 Å². The minimum Gasteiger partial charge on any atom is -0.464 e. The van der Waals surface area contributed by atoms with Crippen LogP contribution in [0.3, 0.4) is 0 Å². The largest absolute Gasteiger partial charge is 0.464 e. The SMILES string of the molecule is CCOc1nc(NC)nc(N2CCC(C(=O)NC)CC2)n1. The molecular weight excluding hydrogens is 272 g/mol. The van der Waals surface area contributed by atoms with Crippen LogP contribution < -0.4 is 20.3 Å². The quantitative estimate of drug-likeness (QED) is 0.805. The van der Waals surface area contributed by atoms with Crippen molar-refractivity contribution >= 4 is 17.8 Å². The number of hydrogen-bond donors (Lipinski definition) is 2. The van der Waals surface area contributed by atoms with Crippen molar-refractivity contribution in [3.8, 4) is 6.01 Å². The second kappa shape index (κ2) is 7.05. The van der Waals surface area contributed by atoms with Gasteiger partial charge in [-0.15, -0.1) is 0 Å². The molecule has 0 bridgehead atoms. The first-order valence-electron chi connectivity index (χ1n) is 7.21. The van der Waals surface area contributed by atoms with Crippen LogP contribution in [-0.2, 0) is 4.79 Å². The summed E-state index contributed by atoms with van der Waals surface area (Å²) in [5.74, 6) is 1.25. The van der Waals surface area contributed by atoms with E-state index in [2.05, 4.69) is 30.5 Å². The molecule has 21 heavy (non-hydrogen) atoms. The van der Waals surface area contributed by atoms with E-state index in [0.717, 1.165) is 25.9 Å². The summed E-state index contributed by atoms with van der Waals surface area (Å²) in [5, 5.41) is 5.61. The zero-order chi connectivity index (χ0) is 15.2. The molecule has 1 saturated heterocycles. The van der Waals surface area contributed by atoms with Gasteiger partial charge in [-0.2, -0.15) is 15.0 Å². The van der Waals surface area contributed by atoms with Gasteiger partial charge >= 0.3 is 6.01 Å². The fourth-order valence-electron chi connectivity index (χ4n) is 2.34. The number of nitrogens with zero attached hydrogens (tertiary/aromatic N) is 4. The number of piperidine rings is 1. The first-order valence-corrected chi connectivity index (χ1v) is 7.21. The molecule has 0 saturated carbocycles. The van der Waals surface area contributed by atoms with E-state index in [1.807, 2.05) is 6.92 Å². The fourth-order valence-corrected chi connectivity index (χ4v) is 2.34. The summed E-state index contributed by atoms with van der Waals surface area (Å²) >= 11 is 0. The second-order valence-corrected chi connectivity index (χ2v) is 4.80. The third-order valence-corrected chi connectivity index (χ3v) is 3.50. The molecule has 1 aliphatic heterocycles. The van der Waals surface area contributed by atoms with Crippen molar-refractivity contribution in [1.82, 2.24) is 20.3 Å². The number of aromatic nitrogens is 3. The minimum absolute atomic E-state index is 0.0724. The summed E-state index contributed by atoms with van der Waals surface area (Å²) in [6, 6.07) is 0.320. The maximum absolute atomic E-state index is 11.6. The van der Waals surface area contributed by atoms with E-state index < -0.39 is 0 Å². The Balaban J connectivity index is 2.08. The topological polar surface area (TPSA) is 92.3 Å². The Morgan fingerprint density at radius 2 is 2.00 bits per heavy atom. The van der Waals surface area contributed by atoms with Crippen molar-refractivity contribution in [2.24, 2.45) is 5.92 Å². The zero-order valence-corrected chi connectivity index (χ0v) is 12.7. The molecule has 0 aromatic carbocycles. The highest BCUT2D eigenvalue weighted by Gasteiger charge is 2.26. The van der Waals surface area contributed by atoms with Gasteiger partial charge in [-0.05, 0) is 19.8 Å². The first kappa shape index (κ1) is 15.3. The Bertz CT molecular complexity index is 488. The molecular formula is C13H22N6O2. The molecule has 1 amide bonds. The third kappa shape index (κ3) is 3.71. The molecule has 8 heteroatoms. The van der Waals surface area contributed by atoms with Gasteiger partial charge in [0.15, 0.2) is 0 Å². The van der Waals surface area contributed by atoms with Gasteiger partial charge in [0.2, 0.25) is 17.8 Å². The summed E-state index contributed by atoms with van der Waals surface area (Å²) in [5.41, 5.74) is 0. The van der Waals surface area contributed by atoms with Crippen molar-refractivity contribution in [2.75, 3.05) is 44.0 Å². The average Bonchev–Trinajstić information content (AvgIpc) is 2.54.